The molecular weight excluding hydrogens is 446 g/mol. The maximum Gasteiger partial charge on any atom is 0.293 e. The monoisotopic (exact) mass is 469 g/mol. The molecule has 34 heavy (non-hydrogen) atoms. The summed E-state index contributed by atoms with van der Waals surface area (Å²) in [6.07, 6.45) is 4.94. The lowest BCUT2D eigenvalue weighted by atomic mass is 10.0. The maximum atomic E-state index is 13.5. The predicted octanol–water partition coefficient (Wildman–Crippen LogP) is 6.62. The van der Waals surface area contributed by atoms with E-state index in [1.54, 1.807) is 30.3 Å². The van der Waals surface area contributed by atoms with Gasteiger partial charge in [0, 0.05) is 24.7 Å². The van der Waals surface area contributed by atoms with E-state index in [4.69, 9.17) is 4.98 Å². The van der Waals surface area contributed by atoms with Crippen molar-refractivity contribution >= 4 is 50.4 Å². The summed E-state index contributed by atoms with van der Waals surface area (Å²) in [4.78, 5) is 31.9. The van der Waals surface area contributed by atoms with Crippen molar-refractivity contribution in [3.63, 3.8) is 0 Å². The molecule has 0 saturated carbocycles. The molecule has 170 valence electrons. The average Bonchev–Trinajstić information content (AvgIpc) is 3.32. The van der Waals surface area contributed by atoms with Crippen LogP contribution in [0.2, 0.25) is 0 Å². The van der Waals surface area contributed by atoms with Gasteiger partial charge in [0.1, 0.15) is 10.7 Å². The molecule has 7 heteroatoms. The highest BCUT2D eigenvalue weighted by atomic mass is 32.1. The van der Waals surface area contributed by atoms with Crippen molar-refractivity contribution in [3.05, 3.63) is 99.0 Å². The number of thiazole rings is 1. The zero-order valence-corrected chi connectivity index (χ0v) is 19.3. The van der Waals surface area contributed by atoms with Crippen LogP contribution in [0.4, 0.5) is 11.4 Å². The van der Waals surface area contributed by atoms with Gasteiger partial charge < -0.3 is 4.90 Å². The Morgan fingerprint density at radius 1 is 0.971 bits per heavy atom. The summed E-state index contributed by atoms with van der Waals surface area (Å²) in [5.74, 6) is -0.164. The molecule has 1 saturated heterocycles. The predicted molar refractivity (Wildman–Crippen MR) is 137 cm³/mol. The number of Topliss-reactive ketones (excluding diaryl/α,β-unsaturated/α-hetero) is 1. The van der Waals surface area contributed by atoms with Crippen LogP contribution in [0, 0.1) is 10.1 Å². The van der Waals surface area contributed by atoms with E-state index in [0.29, 0.717) is 27.4 Å². The van der Waals surface area contributed by atoms with Crippen LogP contribution in [0.1, 0.15) is 40.2 Å². The number of rotatable bonds is 6. The highest BCUT2D eigenvalue weighted by Crippen LogP contribution is 2.34. The van der Waals surface area contributed by atoms with Gasteiger partial charge in [-0.3, -0.25) is 14.9 Å². The lowest BCUT2D eigenvalue weighted by Crippen LogP contribution is -2.29. The van der Waals surface area contributed by atoms with Crippen molar-refractivity contribution in [1.29, 1.82) is 0 Å². The average molecular weight is 470 g/mol. The van der Waals surface area contributed by atoms with E-state index in [2.05, 4.69) is 4.90 Å². The molecule has 1 aliphatic heterocycles. The van der Waals surface area contributed by atoms with Gasteiger partial charge in [-0.2, -0.15) is 0 Å². The number of ketones is 1. The Morgan fingerprint density at radius 3 is 2.44 bits per heavy atom. The SMILES string of the molecule is O=C(C(=Cc1ccc(N2CCCCC2)c([N+](=O)[O-])c1)c1nc2ccccc2s1)c1ccccc1. The van der Waals surface area contributed by atoms with Crippen molar-refractivity contribution < 1.29 is 9.72 Å². The molecular formula is C27H23N3O3S. The normalized spacial score (nSPS) is 14.4. The van der Waals surface area contributed by atoms with Crippen LogP contribution in [-0.4, -0.2) is 28.8 Å². The second-order valence-corrected chi connectivity index (χ2v) is 9.32. The van der Waals surface area contributed by atoms with E-state index in [1.807, 2.05) is 48.5 Å². The minimum atomic E-state index is -0.336. The Hall–Kier alpha value is -3.84. The van der Waals surface area contributed by atoms with Crippen LogP contribution in [0.3, 0.4) is 0 Å². The molecule has 2 heterocycles. The Labute approximate surface area is 201 Å². The first-order valence-electron chi connectivity index (χ1n) is 11.3. The van der Waals surface area contributed by atoms with Gasteiger partial charge in [0.05, 0.1) is 20.7 Å². The van der Waals surface area contributed by atoms with Crippen LogP contribution < -0.4 is 4.90 Å². The van der Waals surface area contributed by atoms with E-state index in [0.717, 1.165) is 42.6 Å². The number of hydrogen-bond donors (Lipinski definition) is 0. The second-order valence-electron chi connectivity index (χ2n) is 8.29. The lowest BCUT2D eigenvalue weighted by molar-refractivity contribution is -0.384. The van der Waals surface area contributed by atoms with Gasteiger partial charge in [-0.1, -0.05) is 48.5 Å². The minimum Gasteiger partial charge on any atom is -0.366 e. The number of hydrogen-bond acceptors (Lipinski definition) is 6. The molecule has 0 N–H and O–H groups in total. The third-order valence-corrected chi connectivity index (χ3v) is 7.08. The number of carbonyl (C=O) groups excluding carboxylic acids is 1. The third-order valence-electron chi connectivity index (χ3n) is 6.01. The first kappa shape index (κ1) is 22.0. The van der Waals surface area contributed by atoms with Crippen molar-refractivity contribution in [2.75, 3.05) is 18.0 Å². The molecule has 1 fully saturated rings. The summed E-state index contributed by atoms with van der Waals surface area (Å²) >= 11 is 1.44. The fraction of sp³-hybridized carbons (Fsp3) is 0.185. The molecule has 3 aromatic carbocycles. The second kappa shape index (κ2) is 9.57. The van der Waals surface area contributed by atoms with Crippen molar-refractivity contribution in [3.8, 4) is 0 Å². The number of nitrogens with zero attached hydrogens (tertiary/aromatic N) is 3. The van der Waals surface area contributed by atoms with Gasteiger partial charge in [-0.25, -0.2) is 4.98 Å². The Balaban J connectivity index is 1.61. The lowest BCUT2D eigenvalue weighted by Gasteiger charge is -2.28. The number of aromatic nitrogens is 1. The summed E-state index contributed by atoms with van der Waals surface area (Å²) in [6.45, 7) is 1.64. The van der Waals surface area contributed by atoms with Gasteiger partial charge >= 0.3 is 0 Å². The number of anilines is 1. The number of nitro benzene ring substituents is 1. The van der Waals surface area contributed by atoms with E-state index < -0.39 is 0 Å². The fourth-order valence-corrected chi connectivity index (χ4v) is 5.28. The van der Waals surface area contributed by atoms with Crippen molar-refractivity contribution in [2.24, 2.45) is 0 Å². The quantitative estimate of drug-likeness (QED) is 0.137. The molecule has 0 aliphatic carbocycles. The number of benzene rings is 3. The van der Waals surface area contributed by atoms with E-state index in [-0.39, 0.29) is 16.4 Å². The molecule has 1 aromatic heterocycles. The number of nitro groups is 1. The van der Waals surface area contributed by atoms with Crippen molar-refractivity contribution in [2.45, 2.75) is 19.3 Å². The standard InChI is InChI=1S/C27H23N3O3S/c31-26(20-9-3-1-4-10-20)21(27-28-22-11-5-6-12-25(22)34-27)17-19-13-14-23(24(18-19)30(32)33)29-15-7-2-8-16-29/h1,3-6,9-14,17-18H,2,7-8,15-16H2. The summed E-state index contributed by atoms with van der Waals surface area (Å²) in [5.41, 5.74) is 3.09. The molecule has 0 atom stereocenters. The smallest absolute Gasteiger partial charge is 0.293 e. The molecule has 1 aliphatic rings. The molecule has 5 rings (SSSR count). The molecule has 6 nitrogen and oxygen atoms in total. The van der Waals surface area contributed by atoms with Gasteiger partial charge in [-0.05, 0) is 49.1 Å². The number of piperidine rings is 1. The zero-order valence-electron chi connectivity index (χ0n) is 18.5. The van der Waals surface area contributed by atoms with E-state index >= 15 is 0 Å². The van der Waals surface area contributed by atoms with E-state index in [1.165, 1.54) is 11.3 Å². The van der Waals surface area contributed by atoms with Crippen LogP contribution in [0.25, 0.3) is 21.9 Å². The fourth-order valence-electron chi connectivity index (χ4n) is 4.30. The zero-order chi connectivity index (χ0) is 23.5. The third kappa shape index (κ3) is 4.47. The first-order chi connectivity index (χ1) is 16.6. The Morgan fingerprint density at radius 2 is 1.71 bits per heavy atom. The van der Waals surface area contributed by atoms with Gasteiger partial charge in [0.15, 0.2) is 5.78 Å². The molecule has 0 unspecified atom stereocenters. The number of carbonyl (C=O) groups is 1. The highest BCUT2D eigenvalue weighted by molar-refractivity contribution is 7.20. The van der Waals surface area contributed by atoms with Gasteiger partial charge in [-0.15, -0.1) is 11.3 Å². The molecule has 0 amide bonds. The van der Waals surface area contributed by atoms with Crippen molar-refractivity contribution in [1.82, 2.24) is 4.98 Å². The summed E-state index contributed by atoms with van der Waals surface area (Å²) in [5, 5.41) is 12.5. The molecule has 4 aromatic rings. The highest BCUT2D eigenvalue weighted by Gasteiger charge is 2.23. The van der Waals surface area contributed by atoms with Crippen LogP contribution >= 0.6 is 11.3 Å². The maximum absolute atomic E-state index is 13.5. The van der Waals surface area contributed by atoms with Crippen LogP contribution in [0.5, 0.6) is 0 Å². The molecule has 0 spiro atoms. The number of fused-ring (bicyclic) bond motifs is 1. The number of para-hydroxylation sites is 1. The van der Waals surface area contributed by atoms with Crippen LogP contribution in [-0.2, 0) is 0 Å². The largest absolute Gasteiger partial charge is 0.366 e. The Bertz CT molecular complexity index is 1360. The minimum absolute atomic E-state index is 0.0615. The van der Waals surface area contributed by atoms with Gasteiger partial charge in [0.2, 0.25) is 0 Å². The number of allylic oxidation sites excluding steroid dienone is 1. The molecule has 0 radical (unpaired) electrons. The summed E-state index contributed by atoms with van der Waals surface area (Å²) in [7, 11) is 0. The Kier molecular flexibility index (Phi) is 6.18. The first-order valence-corrected chi connectivity index (χ1v) is 12.1. The topological polar surface area (TPSA) is 76.3 Å². The van der Waals surface area contributed by atoms with E-state index in [9.17, 15) is 14.9 Å². The van der Waals surface area contributed by atoms with Crippen LogP contribution in [0.15, 0.2) is 72.8 Å². The van der Waals surface area contributed by atoms with Gasteiger partial charge in [0.25, 0.3) is 5.69 Å². The summed E-state index contributed by atoms with van der Waals surface area (Å²) < 4.78 is 0.982. The molecule has 0 bridgehead atoms. The summed E-state index contributed by atoms with van der Waals surface area (Å²) in [6, 6.07) is 22.0.